The van der Waals surface area contributed by atoms with E-state index in [1.807, 2.05) is 51.1 Å². The van der Waals surface area contributed by atoms with E-state index < -0.39 is 5.97 Å². The topological polar surface area (TPSA) is 77.2 Å². The lowest BCUT2D eigenvalue weighted by Gasteiger charge is -2.19. The summed E-state index contributed by atoms with van der Waals surface area (Å²) in [5.74, 6) is -1.09. The molecular formula is C15H19N3O3. The van der Waals surface area contributed by atoms with E-state index in [0.29, 0.717) is 18.8 Å². The molecule has 0 aliphatic carbocycles. The normalized spacial score (nSPS) is 11.6. The van der Waals surface area contributed by atoms with E-state index in [4.69, 9.17) is 4.74 Å². The zero-order valence-electron chi connectivity index (χ0n) is 12.4. The van der Waals surface area contributed by atoms with Gasteiger partial charge < -0.3 is 9.84 Å². The molecule has 1 aromatic carbocycles. The van der Waals surface area contributed by atoms with Crippen LogP contribution in [-0.4, -0.2) is 38.3 Å². The largest absolute Gasteiger partial charge is 0.476 e. The third-order valence-electron chi connectivity index (χ3n) is 2.82. The molecule has 0 aliphatic heterocycles. The van der Waals surface area contributed by atoms with Crippen LogP contribution in [0.25, 0.3) is 11.3 Å². The first kappa shape index (κ1) is 15.2. The smallest absolute Gasteiger partial charge is 0.358 e. The number of nitrogens with zero attached hydrogens (tertiary/aromatic N) is 3. The molecule has 0 saturated heterocycles. The monoisotopic (exact) mass is 289 g/mol. The fourth-order valence-corrected chi connectivity index (χ4v) is 1.93. The summed E-state index contributed by atoms with van der Waals surface area (Å²) in [5.41, 5.74) is 0.983. The number of hydrogen-bond donors (Lipinski definition) is 1. The second-order valence-electron chi connectivity index (χ2n) is 5.64. The van der Waals surface area contributed by atoms with Crippen molar-refractivity contribution in [1.29, 1.82) is 0 Å². The summed E-state index contributed by atoms with van der Waals surface area (Å²) in [4.78, 5) is 11.3. The van der Waals surface area contributed by atoms with Crippen molar-refractivity contribution in [2.45, 2.75) is 32.9 Å². The van der Waals surface area contributed by atoms with Gasteiger partial charge in [-0.25, -0.2) is 9.48 Å². The lowest BCUT2D eigenvalue weighted by Crippen LogP contribution is -2.22. The van der Waals surface area contributed by atoms with Gasteiger partial charge in [0.2, 0.25) is 0 Å². The summed E-state index contributed by atoms with van der Waals surface area (Å²) in [6.07, 6.45) is 0. The SMILES string of the molecule is CC(C)(C)OCCn1nnc(C(=O)O)c1-c1ccccc1. The number of hydrogen-bond acceptors (Lipinski definition) is 4. The van der Waals surface area contributed by atoms with Crippen molar-refractivity contribution in [3.63, 3.8) is 0 Å². The maximum atomic E-state index is 11.3. The molecule has 0 aliphatic rings. The number of aromatic carboxylic acids is 1. The molecule has 0 bridgehead atoms. The Balaban J connectivity index is 2.28. The van der Waals surface area contributed by atoms with Crippen LogP contribution in [0.4, 0.5) is 0 Å². The number of rotatable bonds is 5. The summed E-state index contributed by atoms with van der Waals surface area (Å²) in [5, 5.41) is 17.0. The van der Waals surface area contributed by atoms with Gasteiger partial charge in [0.15, 0.2) is 5.69 Å². The van der Waals surface area contributed by atoms with Gasteiger partial charge in [0.05, 0.1) is 18.8 Å². The van der Waals surface area contributed by atoms with Gasteiger partial charge >= 0.3 is 5.97 Å². The quantitative estimate of drug-likeness (QED) is 0.914. The summed E-state index contributed by atoms with van der Waals surface area (Å²) in [7, 11) is 0. The van der Waals surface area contributed by atoms with Crippen LogP contribution in [0.2, 0.25) is 0 Å². The molecular weight excluding hydrogens is 270 g/mol. The highest BCUT2D eigenvalue weighted by Crippen LogP contribution is 2.22. The zero-order valence-corrected chi connectivity index (χ0v) is 12.4. The molecule has 0 amide bonds. The Kier molecular flexibility index (Phi) is 4.37. The van der Waals surface area contributed by atoms with Crippen molar-refractivity contribution < 1.29 is 14.6 Å². The minimum atomic E-state index is -1.09. The van der Waals surface area contributed by atoms with Crippen LogP contribution >= 0.6 is 0 Å². The van der Waals surface area contributed by atoms with Gasteiger partial charge in [0.25, 0.3) is 0 Å². The average Bonchev–Trinajstić information content (AvgIpc) is 2.82. The van der Waals surface area contributed by atoms with Crippen LogP contribution in [0, 0.1) is 0 Å². The molecule has 0 fully saturated rings. The third kappa shape index (κ3) is 3.88. The summed E-state index contributed by atoms with van der Waals surface area (Å²) >= 11 is 0. The van der Waals surface area contributed by atoms with Crippen molar-refractivity contribution in [2.75, 3.05) is 6.61 Å². The molecule has 6 nitrogen and oxygen atoms in total. The number of aromatic nitrogens is 3. The second-order valence-corrected chi connectivity index (χ2v) is 5.64. The van der Waals surface area contributed by atoms with Gasteiger partial charge in [0, 0.05) is 5.56 Å². The maximum Gasteiger partial charge on any atom is 0.358 e. The average molecular weight is 289 g/mol. The Morgan fingerprint density at radius 2 is 1.95 bits per heavy atom. The molecule has 1 N–H and O–H groups in total. The van der Waals surface area contributed by atoms with Gasteiger partial charge in [0.1, 0.15) is 5.69 Å². The Bertz CT molecular complexity index is 615. The van der Waals surface area contributed by atoms with Crippen LogP contribution in [0.3, 0.4) is 0 Å². The van der Waals surface area contributed by atoms with E-state index in [1.165, 1.54) is 0 Å². The van der Waals surface area contributed by atoms with E-state index >= 15 is 0 Å². The lowest BCUT2D eigenvalue weighted by molar-refractivity contribution is -0.00791. The Morgan fingerprint density at radius 1 is 1.29 bits per heavy atom. The van der Waals surface area contributed by atoms with Gasteiger partial charge in [-0.3, -0.25) is 0 Å². The predicted molar refractivity (Wildman–Crippen MR) is 78.1 cm³/mol. The van der Waals surface area contributed by atoms with Crippen molar-refractivity contribution in [2.24, 2.45) is 0 Å². The predicted octanol–water partition coefficient (Wildman–Crippen LogP) is 2.46. The van der Waals surface area contributed by atoms with Crippen molar-refractivity contribution in [1.82, 2.24) is 15.0 Å². The number of ether oxygens (including phenoxy) is 1. The minimum absolute atomic E-state index is 0.0445. The molecule has 0 spiro atoms. The fourth-order valence-electron chi connectivity index (χ4n) is 1.93. The number of carboxylic acids is 1. The highest BCUT2D eigenvalue weighted by Gasteiger charge is 2.20. The molecule has 0 unspecified atom stereocenters. The standard InChI is InChI=1S/C15H19N3O3/c1-15(2,3)21-10-9-18-13(11-7-5-4-6-8-11)12(14(19)20)16-17-18/h4-8H,9-10H2,1-3H3,(H,19,20). The first-order chi connectivity index (χ1) is 9.88. The van der Waals surface area contributed by atoms with E-state index in [9.17, 15) is 9.90 Å². The van der Waals surface area contributed by atoms with Crippen molar-refractivity contribution in [3.05, 3.63) is 36.0 Å². The van der Waals surface area contributed by atoms with Crippen LogP contribution in [0.15, 0.2) is 30.3 Å². The molecule has 1 aromatic heterocycles. The summed E-state index contributed by atoms with van der Waals surface area (Å²) < 4.78 is 7.23. The molecule has 21 heavy (non-hydrogen) atoms. The van der Waals surface area contributed by atoms with Crippen LogP contribution < -0.4 is 0 Å². The van der Waals surface area contributed by atoms with Gasteiger partial charge in [-0.05, 0) is 20.8 Å². The van der Waals surface area contributed by atoms with E-state index in [1.54, 1.807) is 4.68 Å². The number of carboxylic acid groups (broad SMARTS) is 1. The van der Waals surface area contributed by atoms with Crippen LogP contribution in [-0.2, 0) is 11.3 Å². The fraction of sp³-hybridized carbons (Fsp3) is 0.400. The van der Waals surface area contributed by atoms with Crippen LogP contribution in [0.1, 0.15) is 31.3 Å². The Labute approximate surface area is 123 Å². The highest BCUT2D eigenvalue weighted by atomic mass is 16.5. The van der Waals surface area contributed by atoms with Crippen LogP contribution in [0.5, 0.6) is 0 Å². The maximum absolute atomic E-state index is 11.3. The number of benzene rings is 1. The lowest BCUT2D eigenvalue weighted by atomic mass is 10.1. The van der Waals surface area contributed by atoms with Crippen molar-refractivity contribution >= 4 is 5.97 Å². The molecule has 0 atom stereocenters. The Morgan fingerprint density at radius 3 is 2.52 bits per heavy atom. The number of carbonyl (C=O) groups is 1. The molecule has 0 saturated carbocycles. The highest BCUT2D eigenvalue weighted by molar-refractivity contribution is 5.92. The third-order valence-corrected chi connectivity index (χ3v) is 2.82. The van der Waals surface area contributed by atoms with Gasteiger partial charge in [-0.15, -0.1) is 5.10 Å². The van der Waals surface area contributed by atoms with E-state index in [2.05, 4.69) is 10.3 Å². The van der Waals surface area contributed by atoms with Crippen molar-refractivity contribution in [3.8, 4) is 11.3 Å². The molecule has 112 valence electrons. The van der Waals surface area contributed by atoms with E-state index in [-0.39, 0.29) is 11.3 Å². The minimum Gasteiger partial charge on any atom is -0.476 e. The summed E-state index contributed by atoms with van der Waals surface area (Å²) in [6.45, 7) is 6.78. The van der Waals surface area contributed by atoms with Gasteiger partial charge in [-0.1, -0.05) is 35.5 Å². The first-order valence-corrected chi connectivity index (χ1v) is 6.74. The zero-order chi connectivity index (χ0) is 15.5. The van der Waals surface area contributed by atoms with E-state index in [0.717, 1.165) is 5.56 Å². The molecule has 1 heterocycles. The second kappa shape index (κ2) is 6.05. The summed E-state index contributed by atoms with van der Waals surface area (Å²) in [6, 6.07) is 9.26. The first-order valence-electron chi connectivity index (χ1n) is 6.74. The molecule has 2 aromatic rings. The van der Waals surface area contributed by atoms with Gasteiger partial charge in [-0.2, -0.15) is 0 Å². The molecule has 0 radical (unpaired) electrons. The molecule has 6 heteroatoms. The Hall–Kier alpha value is -2.21. The molecule has 2 rings (SSSR count).